The first kappa shape index (κ1) is 17.8. The van der Waals surface area contributed by atoms with Crippen molar-refractivity contribution in [2.75, 3.05) is 26.2 Å². The lowest BCUT2D eigenvalue weighted by Crippen LogP contribution is -2.26. The molecule has 0 aliphatic rings. The van der Waals surface area contributed by atoms with Crippen LogP contribution in [0.15, 0.2) is 41.8 Å². The Hall–Kier alpha value is -3.00. The number of methoxy groups -OCH3 is 2. The summed E-state index contributed by atoms with van der Waals surface area (Å²) in [6.45, 7) is 0. The minimum Gasteiger partial charge on any atom is -0.481 e. The number of hydrogen-bond donors (Lipinski definition) is 0. The Morgan fingerprint density at radius 2 is 1.77 bits per heavy atom. The number of aromatic nitrogens is 3. The van der Waals surface area contributed by atoms with Gasteiger partial charge in [-0.25, -0.2) is 0 Å². The summed E-state index contributed by atoms with van der Waals surface area (Å²) >= 11 is 1.23. The third kappa shape index (κ3) is 3.80. The quantitative estimate of drug-likeness (QED) is 0.664. The molecule has 2 heterocycles. The van der Waals surface area contributed by atoms with E-state index in [1.54, 1.807) is 23.4 Å². The first-order valence-electron chi connectivity index (χ1n) is 7.84. The smallest absolute Gasteiger partial charge is 0.260 e. The molecule has 0 N–H and O–H groups in total. The maximum Gasteiger partial charge on any atom is 0.260 e. The van der Waals surface area contributed by atoms with Crippen molar-refractivity contribution in [2.24, 2.45) is 0 Å². The molecule has 0 aliphatic heterocycles. The van der Waals surface area contributed by atoms with E-state index in [1.165, 1.54) is 25.8 Å². The van der Waals surface area contributed by atoms with Crippen LogP contribution >= 0.6 is 11.5 Å². The Morgan fingerprint density at radius 3 is 2.38 bits per heavy atom. The molecule has 0 radical (unpaired) electrons. The molecule has 0 fully saturated rings. The van der Waals surface area contributed by atoms with Crippen molar-refractivity contribution in [2.45, 2.75) is 6.42 Å². The van der Waals surface area contributed by atoms with Gasteiger partial charge in [0.1, 0.15) is 5.82 Å². The van der Waals surface area contributed by atoms with Crippen LogP contribution in [0.3, 0.4) is 0 Å². The fraction of sp³-hybridized carbons (Fsp3) is 0.222. The van der Waals surface area contributed by atoms with E-state index >= 15 is 0 Å². The number of ether oxygens (including phenoxy) is 2. The zero-order valence-electron chi connectivity index (χ0n) is 14.7. The zero-order chi connectivity index (χ0) is 18.5. The third-order valence-corrected chi connectivity index (χ3v) is 4.46. The van der Waals surface area contributed by atoms with Crippen LogP contribution in [-0.4, -0.2) is 41.5 Å². The monoisotopic (exact) mass is 370 g/mol. The lowest BCUT2D eigenvalue weighted by molar-refractivity contribution is 0.0992. The highest BCUT2D eigenvalue weighted by Crippen LogP contribution is 2.21. The van der Waals surface area contributed by atoms with E-state index in [1.807, 2.05) is 30.3 Å². The highest BCUT2D eigenvalue weighted by Gasteiger charge is 2.20. The largest absolute Gasteiger partial charge is 0.481 e. The SMILES string of the molecule is COc1cc(OC)nc(Cc2nscc2C(=O)N(C)c2ccccc2)n1. The van der Waals surface area contributed by atoms with E-state index in [2.05, 4.69) is 14.3 Å². The summed E-state index contributed by atoms with van der Waals surface area (Å²) in [5.74, 6) is 1.14. The molecule has 0 aliphatic carbocycles. The van der Waals surface area contributed by atoms with Gasteiger partial charge < -0.3 is 14.4 Å². The number of hydrogen-bond acceptors (Lipinski definition) is 7. The lowest BCUT2D eigenvalue weighted by Gasteiger charge is -2.17. The van der Waals surface area contributed by atoms with E-state index < -0.39 is 0 Å². The van der Waals surface area contributed by atoms with E-state index in [9.17, 15) is 4.79 Å². The second-order valence-corrected chi connectivity index (χ2v) is 6.05. The van der Waals surface area contributed by atoms with Crippen molar-refractivity contribution in [3.8, 4) is 11.8 Å². The molecule has 7 nitrogen and oxygen atoms in total. The Balaban J connectivity index is 1.86. The molecule has 3 aromatic rings. The molecule has 0 atom stereocenters. The number of para-hydroxylation sites is 1. The number of nitrogens with zero attached hydrogens (tertiary/aromatic N) is 4. The molecule has 134 valence electrons. The van der Waals surface area contributed by atoms with Crippen LogP contribution < -0.4 is 14.4 Å². The molecular formula is C18H18N4O3S. The van der Waals surface area contributed by atoms with Crippen molar-refractivity contribution in [3.05, 3.63) is 58.9 Å². The Morgan fingerprint density at radius 1 is 1.12 bits per heavy atom. The summed E-state index contributed by atoms with van der Waals surface area (Å²) in [7, 11) is 4.79. The number of anilines is 1. The van der Waals surface area contributed by atoms with E-state index in [0.717, 1.165) is 5.69 Å². The molecule has 8 heteroatoms. The first-order valence-corrected chi connectivity index (χ1v) is 8.68. The van der Waals surface area contributed by atoms with E-state index in [4.69, 9.17) is 9.47 Å². The van der Waals surface area contributed by atoms with Crippen LogP contribution in [-0.2, 0) is 6.42 Å². The molecule has 0 bridgehead atoms. The molecule has 0 unspecified atom stereocenters. The van der Waals surface area contributed by atoms with Gasteiger partial charge in [-0.3, -0.25) is 4.79 Å². The average molecular weight is 370 g/mol. The van der Waals surface area contributed by atoms with Crippen LogP contribution in [0.2, 0.25) is 0 Å². The van der Waals surface area contributed by atoms with Crippen LogP contribution in [0, 0.1) is 0 Å². The Labute approximate surface area is 155 Å². The summed E-state index contributed by atoms with van der Waals surface area (Å²) in [5, 5.41) is 1.74. The molecule has 0 saturated carbocycles. The average Bonchev–Trinajstić information content (AvgIpc) is 3.15. The second kappa shape index (κ2) is 7.92. The minimum atomic E-state index is -0.130. The third-order valence-electron chi connectivity index (χ3n) is 3.79. The van der Waals surface area contributed by atoms with Crippen LogP contribution in [0.5, 0.6) is 11.8 Å². The normalized spacial score (nSPS) is 10.4. The van der Waals surface area contributed by atoms with Crippen LogP contribution in [0.1, 0.15) is 21.9 Å². The van der Waals surface area contributed by atoms with E-state index in [-0.39, 0.29) is 5.91 Å². The molecule has 3 rings (SSSR count). The summed E-state index contributed by atoms with van der Waals surface area (Å²) < 4.78 is 14.7. The van der Waals surface area contributed by atoms with Gasteiger partial charge in [0, 0.05) is 18.1 Å². The van der Waals surface area contributed by atoms with E-state index in [0.29, 0.717) is 35.3 Å². The highest BCUT2D eigenvalue weighted by atomic mass is 32.1. The van der Waals surface area contributed by atoms with Gasteiger partial charge >= 0.3 is 0 Å². The highest BCUT2D eigenvalue weighted by molar-refractivity contribution is 7.04. The standard InChI is InChI=1S/C18H18N4O3S/c1-22(12-7-5-4-6-8-12)18(23)13-11-26-21-14(13)9-15-19-16(24-2)10-17(20-15)25-3/h4-8,10-11H,9H2,1-3H3. The maximum absolute atomic E-state index is 12.9. The second-order valence-electron chi connectivity index (χ2n) is 5.42. The molecule has 1 aromatic carbocycles. The van der Waals surface area contributed by atoms with Gasteiger partial charge in [-0.2, -0.15) is 14.3 Å². The fourth-order valence-electron chi connectivity index (χ4n) is 2.40. The predicted octanol–water partition coefficient (Wildman–Crippen LogP) is 2.82. The van der Waals surface area contributed by atoms with Crippen molar-refractivity contribution < 1.29 is 14.3 Å². The van der Waals surface area contributed by atoms with Gasteiger partial charge in [-0.1, -0.05) is 18.2 Å². The summed E-state index contributed by atoms with van der Waals surface area (Å²) in [6, 6.07) is 11.1. The molecule has 0 saturated heterocycles. The topological polar surface area (TPSA) is 77.4 Å². The number of rotatable bonds is 6. The predicted molar refractivity (Wildman–Crippen MR) is 99.2 cm³/mol. The fourth-order valence-corrected chi connectivity index (χ4v) is 3.08. The lowest BCUT2D eigenvalue weighted by atomic mass is 10.1. The summed E-state index contributed by atoms with van der Waals surface area (Å²) in [5.41, 5.74) is 1.97. The number of amides is 1. The molecule has 1 amide bonds. The molecule has 26 heavy (non-hydrogen) atoms. The Kier molecular flexibility index (Phi) is 5.43. The first-order chi connectivity index (χ1) is 12.6. The number of carbonyl (C=O) groups is 1. The zero-order valence-corrected chi connectivity index (χ0v) is 15.5. The van der Waals surface area contributed by atoms with Gasteiger partial charge in [-0.05, 0) is 23.7 Å². The van der Waals surface area contributed by atoms with Gasteiger partial charge in [0.2, 0.25) is 11.8 Å². The number of carbonyl (C=O) groups excluding carboxylic acids is 1. The van der Waals surface area contributed by atoms with Crippen molar-refractivity contribution in [3.63, 3.8) is 0 Å². The van der Waals surface area contributed by atoms with Gasteiger partial charge in [0.05, 0.1) is 38.0 Å². The summed E-state index contributed by atoms with van der Waals surface area (Å²) in [6.07, 6.45) is 0.306. The van der Waals surface area contributed by atoms with Crippen molar-refractivity contribution in [1.29, 1.82) is 0 Å². The van der Waals surface area contributed by atoms with Crippen LogP contribution in [0.25, 0.3) is 0 Å². The number of benzene rings is 1. The van der Waals surface area contributed by atoms with Crippen molar-refractivity contribution >= 4 is 23.1 Å². The molecular weight excluding hydrogens is 352 g/mol. The van der Waals surface area contributed by atoms with Crippen LogP contribution in [0.4, 0.5) is 5.69 Å². The van der Waals surface area contributed by atoms with Gasteiger partial charge in [0.15, 0.2) is 0 Å². The van der Waals surface area contributed by atoms with Gasteiger partial charge in [-0.15, -0.1) is 0 Å². The maximum atomic E-state index is 12.9. The van der Waals surface area contributed by atoms with Crippen molar-refractivity contribution in [1.82, 2.24) is 14.3 Å². The molecule has 2 aromatic heterocycles. The minimum absolute atomic E-state index is 0.130. The van der Waals surface area contributed by atoms with Gasteiger partial charge in [0.25, 0.3) is 5.91 Å². The summed E-state index contributed by atoms with van der Waals surface area (Å²) in [4.78, 5) is 23.1. The molecule has 0 spiro atoms. The Bertz CT molecular complexity index is 876.